The number of methoxy groups -OCH3 is 1. The van der Waals surface area contributed by atoms with Gasteiger partial charge in [-0.25, -0.2) is 9.97 Å². The normalized spacial score (nSPS) is 11.4. The van der Waals surface area contributed by atoms with Gasteiger partial charge in [-0.05, 0) is 40.2 Å². The van der Waals surface area contributed by atoms with Gasteiger partial charge >= 0.3 is 0 Å². The number of hydrogen-bond acceptors (Lipinski definition) is 8. The van der Waals surface area contributed by atoms with Crippen molar-refractivity contribution in [1.29, 1.82) is 0 Å². The quantitative estimate of drug-likeness (QED) is 0.124. The molecule has 2 aromatic carbocycles. The first-order valence-electron chi connectivity index (χ1n) is 10.7. The minimum Gasteiger partial charge on any atom is -0.493 e. The standard InChI is InChI=1S/C24H18Br2ClN5O5/c1-12(2)23-30-17-6-4-14(25)9-16(17)24(33)31(23)29-10-13-8-18(36-3)22(21(27)20(13)26)37-19-7-5-15(11-28-19)32(34)35/h4-12H,1-3H3. The average molecular weight is 652 g/mol. The van der Waals surface area contributed by atoms with Gasteiger partial charge in [0.15, 0.2) is 11.5 Å². The molecule has 0 aliphatic heterocycles. The summed E-state index contributed by atoms with van der Waals surface area (Å²) in [5, 5.41) is 15.9. The zero-order valence-electron chi connectivity index (χ0n) is 19.6. The number of hydrogen-bond donors (Lipinski definition) is 0. The molecule has 0 radical (unpaired) electrons. The Hall–Kier alpha value is -3.35. The Kier molecular flexibility index (Phi) is 7.90. The van der Waals surface area contributed by atoms with Crippen LogP contribution in [0, 0.1) is 10.1 Å². The lowest BCUT2D eigenvalue weighted by Gasteiger charge is -2.15. The van der Waals surface area contributed by atoms with Crippen LogP contribution in [0.5, 0.6) is 17.4 Å². The smallest absolute Gasteiger partial charge is 0.287 e. The maximum absolute atomic E-state index is 13.3. The SMILES string of the molecule is COc1cc(C=Nn2c(C(C)C)nc3ccc(Br)cc3c2=O)c(Br)c(Cl)c1Oc1ccc([N+](=O)[O-])cn1. The van der Waals surface area contributed by atoms with Crippen molar-refractivity contribution in [2.24, 2.45) is 5.10 Å². The van der Waals surface area contributed by atoms with Gasteiger partial charge in [-0.15, -0.1) is 0 Å². The third-order valence-electron chi connectivity index (χ3n) is 5.18. The first-order chi connectivity index (χ1) is 17.6. The highest BCUT2D eigenvalue weighted by atomic mass is 79.9. The van der Waals surface area contributed by atoms with Gasteiger partial charge in [-0.2, -0.15) is 9.78 Å². The van der Waals surface area contributed by atoms with Crippen LogP contribution in [0.4, 0.5) is 5.69 Å². The number of halogens is 3. The summed E-state index contributed by atoms with van der Waals surface area (Å²) in [6.45, 7) is 3.85. The summed E-state index contributed by atoms with van der Waals surface area (Å²) < 4.78 is 13.6. The van der Waals surface area contributed by atoms with E-state index in [2.05, 4.69) is 46.9 Å². The Bertz CT molecular complexity index is 1610. The van der Waals surface area contributed by atoms with Crippen LogP contribution in [0.25, 0.3) is 10.9 Å². The Morgan fingerprint density at radius 2 is 1.97 bits per heavy atom. The summed E-state index contributed by atoms with van der Waals surface area (Å²) in [6, 6.07) is 9.54. The molecular weight excluding hydrogens is 634 g/mol. The molecule has 2 aromatic heterocycles. The lowest BCUT2D eigenvalue weighted by molar-refractivity contribution is -0.385. The summed E-state index contributed by atoms with van der Waals surface area (Å²) in [4.78, 5) is 32.2. The van der Waals surface area contributed by atoms with Crippen molar-refractivity contribution >= 4 is 66.3 Å². The predicted octanol–water partition coefficient (Wildman–Crippen LogP) is 6.68. The first-order valence-corrected chi connectivity index (χ1v) is 12.7. The van der Waals surface area contributed by atoms with Crippen LogP contribution in [0.2, 0.25) is 5.02 Å². The molecule has 0 aliphatic carbocycles. The molecular formula is C24H18Br2ClN5O5. The largest absolute Gasteiger partial charge is 0.493 e. The Labute approximate surface area is 232 Å². The number of aromatic nitrogens is 3. The van der Waals surface area contributed by atoms with Gasteiger partial charge in [0.25, 0.3) is 11.2 Å². The zero-order chi connectivity index (χ0) is 26.9. The molecule has 0 fully saturated rings. The van der Waals surface area contributed by atoms with Crippen LogP contribution < -0.4 is 15.0 Å². The van der Waals surface area contributed by atoms with E-state index >= 15 is 0 Å². The fourth-order valence-electron chi connectivity index (χ4n) is 3.36. The van der Waals surface area contributed by atoms with Crippen LogP contribution >= 0.6 is 43.5 Å². The molecule has 0 amide bonds. The highest BCUT2D eigenvalue weighted by molar-refractivity contribution is 9.10. The molecule has 13 heteroatoms. The zero-order valence-corrected chi connectivity index (χ0v) is 23.5. The maximum atomic E-state index is 13.3. The van der Waals surface area contributed by atoms with Crippen LogP contribution in [-0.2, 0) is 0 Å². The molecule has 4 aromatic rings. The minimum absolute atomic E-state index is 0.0792. The summed E-state index contributed by atoms with van der Waals surface area (Å²) in [5.41, 5.74) is 0.590. The van der Waals surface area contributed by atoms with Crippen molar-refractivity contribution in [2.75, 3.05) is 7.11 Å². The fraction of sp³-hybridized carbons (Fsp3) is 0.167. The molecule has 0 saturated carbocycles. The van der Waals surface area contributed by atoms with Gasteiger partial charge in [-0.1, -0.05) is 41.4 Å². The molecule has 0 aliphatic rings. The van der Waals surface area contributed by atoms with Crippen molar-refractivity contribution in [1.82, 2.24) is 14.6 Å². The lowest BCUT2D eigenvalue weighted by Crippen LogP contribution is -2.23. The summed E-state index contributed by atoms with van der Waals surface area (Å²) in [5.74, 6) is 0.901. The number of benzene rings is 2. The van der Waals surface area contributed by atoms with Crippen molar-refractivity contribution in [3.63, 3.8) is 0 Å². The average Bonchev–Trinajstić information content (AvgIpc) is 2.87. The molecule has 0 atom stereocenters. The van der Waals surface area contributed by atoms with Crippen LogP contribution in [0.15, 0.2) is 61.4 Å². The van der Waals surface area contributed by atoms with Gasteiger partial charge in [0.2, 0.25) is 5.88 Å². The second-order valence-corrected chi connectivity index (χ2v) is 10.1. The van der Waals surface area contributed by atoms with Crippen LogP contribution in [-0.4, -0.2) is 32.9 Å². The molecule has 0 saturated heterocycles. The van der Waals surface area contributed by atoms with E-state index in [4.69, 9.17) is 21.1 Å². The Morgan fingerprint density at radius 1 is 1.22 bits per heavy atom. The summed E-state index contributed by atoms with van der Waals surface area (Å²) in [6.07, 6.45) is 2.54. The number of nitro groups is 1. The Balaban J connectivity index is 1.76. The molecule has 0 bridgehead atoms. The van der Waals surface area contributed by atoms with Crippen molar-refractivity contribution in [3.8, 4) is 17.4 Å². The van der Waals surface area contributed by atoms with Gasteiger partial charge in [0.05, 0.1) is 29.2 Å². The molecule has 0 N–H and O–H groups in total. The van der Waals surface area contributed by atoms with E-state index in [9.17, 15) is 14.9 Å². The Morgan fingerprint density at radius 3 is 2.59 bits per heavy atom. The van der Waals surface area contributed by atoms with Gasteiger partial charge in [0, 0.05) is 32.6 Å². The fourth-order valence-corrected chi connectivity index (χ4v) is 4.36. The van der Waals surface area contributed by atoms with E-state index < -0.39 is 4.92 Å². The monoisotopic (exact) mass is 649 g/mol. The first kappa shape index (κ1) is 26.7. The lowest BCUT2D eigenvalue weighted by atomic mass is 10.2. The van der Waals surface area contributed by atoms with E-state index in [1.54, 1.807) is 18.2 Å². The van der Waals surface area contributed by atoms with Gasteiger partial charge < -0.3 is 9.47 Å². The molecule has 0 spiro atoms. The third-order valence-corrected chi connectivity index (χ3v) is 7.11. The summed E-state index contributed by atoms with van der Waals surface area (Å²) in [7, 11) is 1.43. The van der Waals surface area contributed by atoms with Crippen molar-refractivity contribution in [2.45, 2.75) is 19.8 Å². The second-order valence-electron chi connectivity index (χ2n) is 7.99. The second kappa shape index (κ2) is 11.0. The highest BCUT2D eigenvalue weighted by Crippen LogP contribution is 2.44. The van der Waals surface area contributed by atoms with E-state index in [1.807, 2.05) is 19.9 Å². The minimum atomic E-state index is -0.561. The molecule has 4 rings (SSSR count). The van der Waals surface area contributed by atoms with E-state index in [1.165, 1.54) is 30.1 Å². The maximum Gasteiger partial charge on any atom is 0.287 e. The highest BCUT2D eigenvalue weighted by Gasteiger charge is 2.19. The van der Waals surface area contributed by atoms with Crippen LogP contribution in [0.3, 0.4) is 0 Å². The van der Waals surface area contributed by atoms with Crippen molar-refractivity contribution in [3.05, 3.63) is 88.4 Å². The number of nitrogens with zero attached hydrogens (tertiary/aromatic N) is 5. The van der Waals surface area contributed by atoms with Gasteiger partial charge in [0.1, 0.15) is 17.0 Å². The van der Waals surface area contributed by atoms with Crippen LogP contribution in [0.1, 0.15) is 31.2 Å². The molecule has 0 unspecified atom stereocenters. The molecule has 190 valence electrons. The van der Waals surface area contributed by atoms with Gasteiger partial charge in [-0.3, -0.25) is 14.9 Å². The number of rotatable bonds is 7. The number of ether oxygens (including phenoxy) is 2. The topological polar surface area (TPSA) is 122 Å². The van der Waals surface area contributed by atoms with E-state index in [0.29, 0.717) is 26.8 Å². The number of fused-ring (bicyclic) bond motifs is 1. The van der Waals surface area contributed by atoms with E-state index in [-0.39, 0.29) is 39.6 Å². The third kappa shape index (κ3) is 5.50. The van der Waals surface area contributed by atoms with E-state index in [0.717, 1.165) is 10.7 Å². The predicted molar refractivity (Wildman–Crippen MR) is 147 cm³/mol. The van der Waals surface area contributed by atoms with Crippen molar-refractivity contribution < 1.29 is 14.4 Å². The molecule has 2 heterocycles. The number of pyridine rings is 1. The molecule has 10 nitrogen and oxygen atoms in total. The molecule has 37 heavy (non-hydrogen) atoms. The summed E-state index contributed by atoms with van der Waals surface area (Å²) >= 11 is 13.4.